The Morgan fingerprint density at radius 2 is 0.771 bits per heavy atom. The molecule has 0 aliphatic rings. The van der Waals surface area contributed by atoms with E-state index in [1.165, 1.54) is 116 Å². The van der Waals surface area contributed by atoms with Crippen molar-refractivity contribution in [2.75, 3.05) is 26.8 Å². The van der Waals surface area contributed by atoms with Crippen LogP contribution >= 0.6 is 0 Å². The van der Waals surface area contributed by atoms with Gasteiger partial charge < -0.3 is 14.2 Å². The van der Waals surface area contributed by atoms with E-state index in [1.54, 1.807) is 0 Å². The number of hydrogen-bond donors (Lipinski definition) is 0. The van der Waals surface area contributed by atoms with Crippen LogP contribution in [0.4, 0.5) is 0 Å². The normalized spacial score (nSPS) is 11.4. The van der Waals surface area contributed by atoms with E-state index in [4.69, 9.17) is 14.2 Å². The van der Waals surface area contributed by atoms with E-state index in [0.717, 1.165) is 26.1 Å². The van der Waals surface area contributed by atoms with Crippen LogP contribution in [0.5, 0.6) is 0 Å². The van der Waals surface area contributed by atoms with Crippen molar-refractivity contribution in [2.24, 2.45) is 0 Å². The molecule has 0 spiro atoms. The minimum Gasteiger partial charge on any atom is -0.355 e. The predicted octanol–water partition coefficient (Wildman–Crippen LogP) is 10.9. The second kappa shape index (κ2) is 37.9. The topological polar surface area (TPSA) is 27.7 Å². The molecule has 0 amide bonds. The zero-order valence-electron chi connectivity index (χ0n) is 24.5. The first-order chi connectivity index (χ1) is 17.3. The van der Waals surface area contributed by atoms with E-state index in [2.05, 4.69) is 52.0 Å². The Morgan fingerprint density at radius 3 is 1.23 bits per heavy atom. The van der Waals surface area contributed by atoms with Gasteiger partial charge in [-0.25, -0.2) is 0 Å². The molecule has 35 heavy (non-hydrogen) atoms. The molecule has 0 N–H and O–H groups in total. The molecule has 0 radical (unpaired) electrons. The van der Waals surface area contributed by atoms with Gasteiger partial charge in [0.25, 0.3) is 0 Å². The Kier molecular flexibility index (Phi) is 39.5. The van der Waals surface area contributed by atoms with Gasteiger partial charge in [0, 0.05) is 13.2 Å². The average molecular weight is 497 g/mol. The highest BCUT2D eigenvalue weighted by Crippen LogP contribution is 2.09. The maximum absolute atomic E-state index is 5.32. The molecule has 0 unspecified atom stereocenters. The Hall–Kier alpha value is -0.640. The molecule has 0 fully saturated rings. The Bertz CT molecular complexity index is 378. The van der Waals surface area contributed by atoms with Gasteiger partial charge in [0.1, 0.15) is 13.6 Å². The second-order valence-corrected chi connectivity index (χ2v) is 9.57. The lowest BCUT2D eigenvalue weighted by Gasteiger charge is -2.06. The van der Waals surface area contributed by atoms with Gasteiger partial charge in [-0.3, -0.25) is 0 Å². The van der Waals surface area contributed by atoms with E-state index in [1.807, 2.05) is 0 Å². The molecule has 0 rings (SSSR count). The minimum atomic E-state index is 0.362. The van der Waals surface area contributed by atoms with Crippen LogP contribution in [0.15, 0.2) is 24.3 Å². The van der Waals surface area contributed by atoms with E-state index in [-0.39, 0.29) is 0 Å². The summed E-state index contributed by atoms with van der Waals surface area (Å²) in [6, 6.07) is 0. The summed E-state index contributed by atoms with van der Waals surface area (Å²) in [7, 11) is 0. The molecule has 3 heteroatoms. The third-order valence-corrected chi connectivity index (χ3v) is 5.90. The Labute approximate surface area is 221 Å². The molecule has 0 heterocycles. The van der Waals surface area contributed by atoms with Crippen LogP contribution in [0, 0.1) is 0 Å². The summed E-state index contributed by atoms with van der Waals surface area (Å²) < 4.78 is 15.8. The van der Waals surface area contributed by atoms with E-state index < -0.39 is 0 Å². The monoisotopic (exact) mass is 496 g/mol. The standard InChI is InChI=1S/C18H34.C14H30O3/c1-3-5-7-9-11-13-15-17-18-16-14-12-10-8-6-4-2;1-3-5-7-9-11-15-13-17-14-16-12-10-8-6-4-2/h5,7,10,12H,3-4,6,8-9,11,13-18H2,1-2H3;3-14H2,1-2H3/b7-5+,12-10+;. The molecule has 0 saturated heterocycles. The van der Waals surface area contributed by atoms with E-state index >= 15 is 0 Å². The lowest BCUT2D eigenvalue weighted by Crippen LogP contribution is -2.06. The average Bonchev–Trinajstić information content (AvgIpc) is 2.87. The molecule has 0 aromatic heterocycles. The van der Waals surface area contributed by atoms with Gasteiger partial charge in [-0.15, -0.1) is 0 Å². The van der Waals surface area contributed by atoms with Crippen LogP contribution < -0.4 is 0 Å². The summed E-state index contributed by atoms with van der Waals surface area (Å²) in [4.78, 5) is 0. The molecule has 0 saturated carbocycles. The highest BCUT2D eigenvalue weighted by molar-refractivity contribution is 4.81. The largest absolute Gasteiger partial charge is 0.355 e. The fourth-order valence-corrected chi connectivity index (χ4v) is 3.61. The number of unbranched alkanes of at least 4 members (excludes halogenated alkanes) is 15. The first-order valence-corrected chi connectivity index (χ1v) is 15.4. The van der Waals surface area contributed by atoms with Gasteiger partial charge in [0.2, 0.25) is 0 Å². The summed E-state index contributed by atoms with van der Waals surface area (Å²) in [5.41, 5.74) is 0. The van der Waals surface area contributed by atoms with Gasteiger partial charge in [-0.2, -0.15) is 0 Å². The molecular formula is C32H64O3. The SMILES string of the molecule is CC/C=C/CCCCCCCC/C=C/CCCC.CCCCCCOCOCOCCCCCC. The highest BCUT2D eigenvalue weighted by Gasteiger charge is 1.92. The van der Waals surface area contributed by atoms with E-state index in [0.29, 0.717) is 13.6 Å². The first-order valence-electron chi connectivity index (χ1n) is 15.4. The third-order valence-electron chi connectivity index (χ3n) is 5.90. The molecule has 0 aromatic carbocycles. The fraction of sp³-hybridized carbons (Fsp3) is 0.875. The van der Waals surface area contributed by atoms with E-state index in [9.17, 15) is 0 Å². The van der Waals surface area contributed by atoms with Gasteiger partial charge in [-0.1, -0.05) is 129 Å². The lowest BCUT2D eigenvalue weighted by molar-refractivity contribution is -0.131. The van der Waals surface area contributed by atoms with Crippen molar-refractivity contribution in [1.29, 1.82) is 0 Å². The lowest BCUT2D eigenvalue weighted by atomic mass is 10.1. The van der Waals surface area contributed by atoms with Gasteiger partial charge >= 0.3 is 0 Å². The van der Waals surface area contributed by atoms with Crippen LogP contribution in [0.1, 0.15) is 156 Å². The molecule has 3 nitrogen and oxygen atoms in total. The summed E-state index contributed by atoms with van der Waals surface area (Å²) in [5, 5.41) is 0. The van der Waals surface area contributed by atoms with Crippen LogP contribution in [0.25, 0.3) is 0 Å². The summed E-state index contributed by atoms with van der Waals surface area (Å²) >= 11 is 0. The quantitative estimate of drug-likeness (QED) is 0.0642. The molecule has 210 valence electrons. The first kappa shape index (κ1) is 36.5. The molecule has 0 aromatic rings. The van der Waals surface area contributed by atoms with Crippen LogP contribution in [-0.2, 0) is 14.2 Å². The van der Waals surface area contributed by atoms with Crippen molar-refractivity contribution in [2.45, 2.75) is 156 Å². The van der Waals surface area contributed by atoms with Gasteiger partial charge in [0.15, 0.2) is 0 Å². The third kappa shape index (κ3) is 40.8. The zero-order valence-corrected chi connectivity index (χ0v) is 24.5. The van der Waals surface area contributed by atoms with Crippen LogP contribution in [0.3, 0.4) is 0 Å². The second-order valence-electron chi connectivity index (χ2n) is 9.57. The van der Waals surface area contributed by atoms with Crippen LogP contribution in [-0.4, -0.2) is 26.8 Å². The maximum atomic E-state index is 5.32. The molecule has 0 bridgehead atoms. The summed E-state index contributed by atoms with van der Waals surface area (Å²) in [6.45, 7) is 11.2. The highest BCUT2D eigenvalue weighted by atomic mass is 16.7. The summed E-state index contributed by atoms with van der Waals surface area (Å²) in [5.74, 6) is 0. The summed E-state index contributed by atoms with van der Waals surface area (Å²) in [6.07, 6.45) is 35.4. The zero-order chi connectivity index (χ0) is 25.9. The Morgan fingerprint density at radius 1 is 0.371 bits per heavy atom. The van der Waals surface area contributed by atoms with Crippen molar-refractivity contribution >= 4 is 0 Å². The van der Waals surface area contributed by atoms with Crippen molar-refractivity contribution in [1.82, 2.24) is 0 Å². The number of rotatable bonds is 27. The van der Waals surface area contributed by atoms with Crippen molar-refractivity contribution in [3.05, 3.63) is 24.3 Å². The van der Waals surface area contributed by atoms with Crippen molar-refractivity contribution in [3.8, 4) is 0 Å². The predicted molar refractivity (Wildman–Crippen MR) is 156 cm³/mol. The number of allylic oxidation sites excluding steroid dienone is 4. The molecule has 0 aliphatic heterocycles. The van der Waals surface area contributed by atoms with Gasteiger partial charge in [0.05, 0.1) is 0 Å². The smallest absolute Gasteiger partial charge is 0.149 e. The van der Waals surface area contributed by atoms with Gasteiger partial charge in [-0.05, 0) is 51.4 Å². The number of ether oxygens (including phenoxy) is 3. The minimum absolute atomic E-state index is 0.362. The maximum Gasteiger partial charge on any atom is 0.149 e. The van der Waals surface area contributed by atoms with Crippen molar-refractivity contribution in [3.63, 3.8) is 0 Å². The van der Waals surface area contributed by atoms with Crippen molar-refractivity contribution < 1.29 is 14.2 Å². The molecular weight excluding hydrogens is 432 g/mol. The molecule has 0 atom stereocenters. The molecule has 0 aliphatic carbocycles. The fourth-order valence-electron chi connectivity index (χ4n) is 3.61. The Balaban J connectivity index is 0. The van der Waals surface area contributed by atoms with Crippen LogP contribution in [0.2, 0.25) is 0 Å². The number of hydrogen-bond acceptors (Lipinski definition) is 3.